The average Bonchev–Trinajstić information content (AvgIpc) is 3.78. The number of allylic oxidation sites excluding steroid dienone is 1. The smallest absolute Gasteiger partial charge is 0.409 e. The summed E-state index contributed by atoms with van der Waals surface area (Å²) in [5.74, 6) is 0.673. The number of rotatable bonds is 53. The van der Waals surface area contributed by atoms with E-state index in [2.05, 4.69) is 22.5 Å². The van der Waals surface area contributed by atoms with E-state index < -0.39 is 49.9 Å². The Morgan fingerprint density at radius 1 is 0.419 bits per heavy atom. The first-order chi connectivity index (χ1) is 44.7. The van der Waals surface area contributed by atoms with Crippen molar-refractivity contribution in [3.63, 3.8) is 0 Å². The lowest BCUT2D eigenvalue weighted by Crippen LogP contribution is -2.36. The fourth-order valence-corrected chi connectivity index (χ4v) is 6.21. The van der Waals surface area contributed by atoms with Crippen LogP contribution in [-0.2, 0) is 75.8 Å². The van der Waals surface area contributed by atoms with Crippen molar-refractivity contribution >= 4 is 18.1 Å². The number of aliphatic hydroxyl groups excluding tert-OH is 9. The van der Waals surface area contributed by atoms with Gasteiger partial charge in [-0.05, 0) is 71.4 Å². The molecule has 0 rings (SSSR count). The molecule has 0 heterocycles. The van der Waals surface area contributed by atoms with E-state index in [1.54, 1.807) is 7.05 Å². The van der Waals surface area contributed by atoms with E-state index in [0.29, 0.717) is 103 Å². The van der Waals surface area contributed by atoms with Gasteiger partial charge in [0.15, 0.2) is 37.7 Å². The molecule has 33 nitrogen and oxygen atoms in total. The molecule has 0 aliphatic carbocycles. The van der Waals surface area contributed by atoms with Crippen LogP contribution in [0.3, 0.4) is 0 Å². The number of amides is 3. The van der Waals surface area contributed by atoms with Gasteiger partial charge in [-0.15, -0.1) is 0 Å². The van der Waals surface area contributed by atoms with Crippen molar-refractivity contribution in [2.24, 2.45) is 11.5 Å². The molecule has 0 saturated heterocycles. The molecule has 562 valence electrons. The maximum absolute atomic E-state index is 11.6. The van der Waals surface area contributed by atoms with Gasteiger partial charge in [0.1, 0.15) is 19.8 Å². The van der Waals surface area contributed by atoms with E-state index in [0.717, 1.165) is 19.3 Å². The summed E-state index contributed by atoms with van der Waals surface area (Å²) in [6.07, 6.45) is 1.36. The molecule has 0 bridgehead atoms. The summed E-state index contributed by atoms with van der Waals surface area (Å²) in [4.78, 5) is 35.8. The van der Waals surface area contributed by atoms with Gasteiger partial charge < -0.3 is 149 Å². The van der Waals surface area contributed by atoms with Crippen molar-refractivity contribution in [2.75, 3.05) is 175 Å². The van der Waals surface area contributed by atoms with Crippen LogP contribution in [0.25, 0.3) is 0 Å². The minimum Gasteiger partial charge on any atom is -0.496 e. The molecule has 0 aromatic carbocycles. The molecule has 0 spiro atoms. The van der Waals surface area contributed by atoms with Crippen LogP contribution < -0.4 is 27.4 Å². The predicted octanol–water partition coefficient (Wildman–Crippen LogP) is -0.0163. The van der Waals surface area contributed by atoms with Crippen LogP contribution in [0.15, 0.2) is 12.3 Å². The second-order valence-electron chi connectivity index (χ2n) is 19.6. The lowest BCUT2D eigenvalue weighted by Gasteiger charge is -2.23. The van der Waals surface area contributed by atoms with E-state index in [1.165, 1.54) is 47.6 Å². The highest BCUT2D eigenvalue weighted by Gasteiger charge is 2.21. The summed E-state index contributed by atoms with van der Waals surface area (Å²) < 4.78 is 76.5. The summed E-state index contributed by atoms with van der Waals surface area (Å²) in [5, 5.41) is 87.3. The number of carbonyl (C=O) groups is 3. The van der Waals surface area contributed by atoms with Crippen molar-refractivity contribution in [3.8, 4) is 0 Å². The third-order valence-electron chi connectivity index (χ3n) is 12.4. The highest BCUT2D eigenvalue weighted by Crippen LogP contribution is 2.12. The van der Waals surface area contributed by atoms with Gasteiger partial charge >= 0.3 is 12.2 Å². The van der Waals surface area contributed by atoms with Gasteiger partial charge in [0.2, 0.25) is 5.91 Å². The normalized spacial score (nSPS) is 14.7. The Morgan fingerprint density at radius 3 is 1.09 bits per heavy atom. The largest absolute Gasteiger partial charge is 0.496 e. The van der Waals surface area contributed by atoms with Crippen LogP contribution in [0, 0.1) is 0 Å². The van der Waals surface area contributed by atoms with Crippen molar-refractivity contribution in [2.45, 2.75) is 187 Å². The summed E-state index contributed by atoms with van der Waals surface area (Å²) in [6.45, 7) is 17.8. The highest BCUT2D eigenvalue weighted by molar-refractivity contribution is 5.75. The minimum absolute atomic E-state index is 0.00424. The molecule has 12 unspecified atom stereocenters. The molecule has 0 saturated carbocycles. The zero-order chi connectivity index (χ0) is 72.0. The van der Waals surface area contributed by atoms with Crippen LogP contribution in [-0.4, -0.2) is 319 Å². The molecule has 0 aromatic rings. The fraction of sp³-hybridized carbons (Fsp3) is 0.917. The van der Waals surface area contributed by atoms with Gasteiger partial charge in [-0.2, -0.15) is 0 Å². The number of likely N-dealkylation sites (N-methyl/N-ethyl adjacent to an activating group) is 2. The number of carbonyl (C=O) groups excluding carboxylic acids is 3. The van der Waals surface area contributed by atoms with Crippen molar-refractivity contribution in [3.05, 3.63) is 12.3 Å². The molecule has 0 aliphatic rings. The second kappa shape index (κ2) is 76.0. The molecule has 0 fully saturated rings. The van der Waals surface area contributed by atoms with Gasteiger partial charge in [-0.3, -0.25) is 4.79 Å². The number of hydrogen-bond donors (Lipinski definition) is 14. The quantitative estimate of drug-likeness (QED) is 0.0216. The molecule has 12 atom stereocenters. The third-order valence-corrected chi connectivity index (χ3v) is 12.4. The molecular formula is C60H130N6O27. The Kier molecular flexibility index (Phi) is 82.2. The summed E-state index contributed by atoms with van der Waals surface area (Å²) in [6, 6.07) is 0. The topological polar surface area (TPSA) is 463 Å². The predicted molar refractivity (Wildman–Crippen MR) is 346 cm³/mol. The van der Waals surface area contributed by atoms with Gasteiger partial charge in [-0.25, -0.2) is 9.59 Å². The van der Waals surface area contributed by atoms with Gasteiger partial charge in [0.25, 0.3) is 0 Å². The molecular weight excluding hydrogens is 1240 g/mol. The molecule has 33 heteroatoms. The van der Waals surface area contributed by atoms with Gasteiger partial charge in [0.05, 0.1) is 102 Å². The average molecular weight is 1370 g/mol. The van der Waals surface area contributed by atoms with Crippen molar-refractivity contribution < 1.29 is 131 Å². The van der Waals surface area contributed by atoms with Crippen molar-refractivity contribution in [1.29, 1.82) is 0 Å². The van der Waals surface area contributed by atoms with Crippen LogP contribution in [0.1, 0.15) is 112 Å². The van der Waals surface area contributed by atoms with Crippen molar-refractivity contribution in [1.82, 2.24) is 20.9 Å². The SMILES string of the molecule is C=C(CCCC(=O)NCCCCN)OCC(CC)OC(CO)OC.CCC(CO)OC(CO)OC.CCC(CO)OC(CO)OC.CCC(CO)OC(CO)OC.CCC(CO)OC(COC(=O)N(C)CCNC)OC.CCC(CO)OC(COC(=O)NCCN)OC. The van der Waals surface area contributed by atoms with E-state index in [-0.39, 0.29) is 115 Å². The highest BCUT2D eigenvalue weighted by atomic mass is 16.7. The summed E-state index contributed by atoms with van der Waals surface area (Å²) in [5.41, 5.74) is 10.6. The summed E-state index contributed by atoms with van der Waals surface area (Å²) >= 11 is 0. The Balaban J connectivity index is -0.000000251. The number of alkyl carbamates (subject to hydrolysis) is 1. The number of hydrogen-bond acceptors (Lipinski definition) is 30. The third kappa shape index (κ3) is 64.4. The number of ether oxygens (including phenoxy) is 15. The van der Waals surface area contributed by atoms with E-state index >= 15 is 0 Å². The lowest BCUT2D eigenvalue weighted by molar-refractivity contribution is -0.183. The van der Waals surface area contributed by atoms with E-state index in [9.17, 15) is 14.4 Å². The summed E-state index contributed by atoms with van der Waals surface area (Å²) in [7, 11) is 12.2. The number of nitrogens with one attached hydrogen (secondary N) is 3. The van der Waals surface area contributed by atoms with E-state index in [4.69, 9.17) is 128 Å². The molecule has 3 amide bonds. The number of nitrogens with two attached hydrogens (primary N) is 2. The van der Waals surface area contributed by atoms with Gasteiger partial charge in [-0.1, -0.05) is 48.1 Å². The Hall–Kier alpha value is -3.41. The fourth-order valence-electron chi connectivity index (χ4n) is 6.21. The van der Waals surface area contributed by atoms with Crippen LogP contribution in [0.4, 0.5) is 9.59 Å². The zero-order valence-electron chi connectivity index (χ0n) is 58.6. The first kappa shape index (κ1) is 101. The van der Waals surface area contributed by atoms with E-state index in [1.807, 2.05) is 48.6 Å². The minimum atomic E-state index is -0.685. The molecule has 0 aliphatic heterocycles. The van der Waals surface area contributed by atoms with Crippen LogP contribution in [0.5, 0.6) is 0 Å². The maximum atomic E-state index is 11.6. The monoisotopic (exact) mass is 1370 g/mol. The number of nitrogens with zero attached hydrogens (tertiary/aromatic N) is 1. The standard InChI is InChI=1S/C17H34N2O5.C12H26N2O5.C10H22N2O5.3C7H16O4/c1-4-15(24-17(12-20)22-3)13-23-14(2)8-7-9-16(21)19-11-6-5-10-18;1-5-10(8-15)19-11(17-4)9-18-12(16)14(3)7-6-13-2;1-3-8(6-13)17-9(15-2)7-16-10(14)12-5-4-11;3*1-3-6(4-8)11-7(5-9)10-2/h15,17,20H,2,4-13,18H2,1,3H3,(H,19,21);10-11,13,15H,5-9H2,1-4H3;8-9,13H,3-7,11H2,1-2H3,(H,12,14);3*6-9H,3-5H2,1-2H3. The maximum Gasteiger partial charge on any atom is 0.409 e. The number of unbranched alkanes of at least 4 members (excludes halogenated alkanes) is 1. The molecule has 0 radical (unpaired) electrons. The second-order valence-corrected chi connectivity index (χ2v) is 19.6. The Labute approximate surface area is 554 Å². The van der Waals surface area contributed by atoms with Gasteiger partial charge in [0, 0.05) is 95.3 Å². The Morgan fingerprint density at radius 2 is 0.774 bits per heavy atom. The molecule has 16 N–H and O–H groups in total. The molecule has 93 heavy (non-hydrogen) atoms. The zero-order valence-corrected chi connectivity index (χ0v) is 58.6. The number of methoxy groups -OCH3 is 6. The first-order valence-electron chi connectivity index (χ1n) is 31.6. The first-order valence-corrected chi connectivity index (χ1v) is 31.6. The van der Waals surface area contributed by atoms with Crippen LogP contribution >= 0.6 is 0 Å². The molecule has 0 aromatic heterocycles. The van der Waals surface area contributed by atoms with Crippen LogP contribution in [0.2, 0.25) is 0 Å². The lowest BCUT2D eigenvalue weighted by atomic mass is 10.2. The Bertz CT molecular complexity index is 1470. The number of aliphatic hydroxyl groups is 9.